The molecule has 0 aromatic heterocycles. The zero-order valence-corrected chi connectivity index (χ0v) is 11.7. The molecule has 0 saturated heterocycles. The van der Waals surface area contributed by atoms with E-state index in [0.717, 1.165) is 6.61 Å². The Hall–Kier alpha value is -0.0800. The number of hydrogen-bond acceptors (Lipinski definition) is 2. The molecular formula is C13H28O2. The second kappa shape index (κ2) is 5.31. The van der Waals surface area contributed by atoms with Gasteiger partial charge < -0.3 is 9.47 Å². The normalized spacial score (nSPS) is 15.8. The van der Waals surface area contributed by atoms with Crippen molar-refractivity contribution in [3.8, 4) is 0 Å². The summed E-state index contributed by atoms with van der Waals surface area (Å²) in [5.74, 6) is 0. The third-order valence-electron chi connectivity index (χ3n) is 3.55. The van der Waals surface area contributed by atoms with Crippen molar-refractivity contribution < 1.29 is 9.47 Å². The van der Waals surface area contributed by atoms with Gasteiger partial charge in [0.15, 0.2) is 0 Å². The monoisotopic (exact) mass is 216 g/mol. The van der Waals surface area contributed by atoms with Gasteiger partial charge in [0.05, 0.1) is 17.8 Å². The molecule has 15 heavy (non-hydrogen) atoms. The van der Waals surface area contributed by atoms with Crippen LogP contribution in [0.1, 0.15) is 55.4 Å². The molecule has 0 aliphatic rings. The Labute approximate surface area is 95.3 Å². The molecule has 0 aliphatic heterocycles. The van der Waals surface area contributed by atoms with E-state index >= 15 is 0 Å². The van der Waals surface area contributed by atoms with Gasteiger partial charge in [0.1, 0.15) is 0 Å². The topological polar surface area (TPSA) is 18.5 Å². The first kappa shape index (κ1) is 14.9. The molecule has 1 atom stereocenters. The molecule has 92 valence electrons. The highest BCUT2D eigenvalue weighted by Gasteiger charge is 2.42. The van der Waals surface area contributed by atoms with Crippen LogP contribution in [-0.2, 0) is 9.47 Å². The van der Waals surface area contributed by atoms with Crippen LogP contribution in [0, 0.1) is 5.41 Å². The van der Waals surface area contributed by atoms with Crippen LogP contribution in [0.4, 0.5) is 0 Å². The first-order chi connectivity index (χ1) is 6.65. The van der Waals surface area contributed by atoms with Crippen molar-refractivity contribution in [2.75, 3.05) is 6.61 Å². The van der Waals surface area contributed by atoms with Gasteiger partial charge in [0.2, 0.25) is 0 Å². The highest BCUT2D eigenvalue weighted by atomic mass is 16.5. The Balaban J connectivity index is 4.63. The van der Waals surface area contributed by atoms with Gasteiger partial charge in [-0.05, 0) is 41.5 Å². The Morgan fingerprint density at radius 3 is 1.80 bits per heavy atom. The van der Waals surface area contributed by atoms with Crippen LogP contribution in [0.15, 0.2) is 0 Å². The Bertz CT molecular complexity index is 183. The maximum atomic E-state index is 5.87. The number of hydrogen-bond donors (Lipinski definition) is 0. The van der Waals surface area contributed by atoms with Crippen LogP contribution < -0.4 is 0 Å². The summed E-state index contributed by atoms with van der Waals surface area (Å²) in [5.41, 5.74) is -0.177. The Morgan fingerprint density at radius 2 is 1.47 bits per heavy atom. The van der Waals surface area contributed by atoms with E-state index in [-0.39, 0.29) is 23.2 Å². The van der Waals surface area contributed by atoms with Crippen molar-refractivity contribution in [3.63, 3.8) is 0 Å². The van der Waals surface area contributed by atoms with Gasteiger partial charge in [-0.1, -0.05) is 13.8 Å². The largest absolute Gasteiger partial charge is 0.375 e. The molecule has 0 spiro atoms. The highest BCUT2D eigenvalue weighted by molar-refractivity contribution is 4.92. The average Bonchev–Trinajstić information content (AvgIpc) is 2.02. The molecule has 0 bridgehead atoms. The summed E-state index contributed by atoms with van der Waals surface area (Å²) < 4.78 is 11.7. The zero-order valence-electron chi connectivity index (χ0n) is 11.7. The van der Waals surface area contributed by atoms with Crippen LogP contribution in [0.25, 0.3) is 0 Å². The van der Waals surface area contributed by atoms with E-state index < -0.39 is 0 Å². The summed E-state index contributed by atoms with van der Waals surface area (Å²) in [6.45, 7) is 17.7. The molecule has 0 amide bonds. The smallest absolute Gasteiger partial charge is 0.0701 e. The standard InChI is InChI=1S/C13H28O2/c1-9-14-13(7,8)12(5,6)11(4)15-10(2)3/h10-11H,9H2,1-8H3. The summed E-state index contributed by atoms with van der Waals surface area (Å²) >= 11 is 0. The van der Waals surface area contributed by atoms with Gasteiger partial charge in [-0.15, -0.1) is 0 Å². The van der Waals surface area contributed by atoms with Gasteiger partial charge in [-0.25, -0.2) is 0 Å². The van der Waals surface area contributed by atoms with E-state index in [2.05, 4.69) is 48.5 Å². The fourth-order valence-corrected chi connectivity index (χ4v) is 1.61. The minimum Gasteiger partial charge on any atom is -0.375 e. The van der Waals surface area contributed by atoms with Gasteiger partial charge in [-0.3, -0.25) is 0 Å². The van der Waals surface area contributed by atoms with E-state index in [4.69, 9.17) is 9.47 Å². The minimum absolute atomic E-state index is 0.00667. The van der Waals surface area contributed by atoms with Crippen molar-refractivity contribution in [2.45, 2.75) is 73.2 Å². The van der Waals surface area contributed by atoms with Crippen molar-refractivity contribution in [1.29, 1.82) is 0 Å². The SMILES string of the molecule is CCOC(C)(C)C(C)(C)C(C)OC(C)C. The molecule has 0 aliphatic carbocycles. The Morgan fingerprint density at radius 1 is 1.00 bits per heavy atom. The fraction of sp³-hybridized carbons (Fsp3) is 1.00. The van der Waals surface area contributed by atoms with E-state index in [1.807, 2.05) is 6.92 Å². The lowest BCUT2D eigenvalue weighted by atomic mass is 9.73. The van der Waals surface area contributed by atoms with Crippen LogP contribution in [0.2, 0.25) is 0 Å². The average molecular weight is 216 g/mol. The third kappa shape index (κ3) is 3.76. The molecule has 0 rings (SSSR count). The second-order valence-electron chi connectivity index (χ2n) is 5.49. The lowest BCUT2D eigenvalue weighted by Gasteiger charge is -2.45. The number of rotatable bonds is 6. The highest BCUT2D eigenvalue weighted by Crippen LogP contribution is 2.38. The molecule has 0 fully saturated rings. The zero-order chi connectivity index (χ0) is 12.3. The molecule has 0 heterocycles. The van der Waals surface area contributed by atoms with Crippen molar-refractivity contribution in [3.05, 3.63) is 0 Å². The first-order valence-corrected chi connectivity index (χ1v) is 5.94. The van der Waals surface area contributed by atoms with Crippen LogP contribution in [-0.4, -0.2) is 24.4 Å². The van der Waals surface area contributed by atoms with Crippen molar-refractivity contribution >= 4 is 0 Å². The quantitative estimate of drug-likeness (QED) is 0.675. The summed E-state index contributed by atoms with van der Waals surface area (Å²) in [6, 6.07) is 0. The maximum Gasteiger partial charge on any atom is 0.0701 e. The molecule has 0 aromatic rings. The molecule has 0 saturated carbocycles. The summed E-state index contributed by atoms with van der Waals surface area (Å²) in [7, 11) is 0. The molecular weight excluding hydrogens is 188 g/mol. The predicted octanol–water partition coefficient (Wildman–Crippen LogP) is 3.64. The van der Waals surface area contributed by atoms with Crippen LogP contribution in [0.5, 0.6) is 0 Å². The van der Waals surface area contributed by atoms with Crippen LogP contribution in [0.3, 0.4) is 0 Å². The predicted molar refractivity (Wildman–Crippen MR) is 65.2 cm³/mol. The van der Waals surface area contributed by atoms with E-state index in [9.17, 15) is 0 Å². The van der Waals surface area contributed by atoms with Crippen LogP contribution >= 0.6 is 0 Å². The summed E-state index contributed by atoms with van der Waals surface area (Å²) in [6.07, 6.45) is 0.441. The fourth-order valence-electron chi connectivity index (χ4n) is 1.61. The molecule has 0 radical (unpaired) electrons. The molecule has 1 unspecified atom stereocenters. The third-order valence-corrected chi connectivity index (χ3v) is 3.55. The number of ether oxygens (including phenoxy) is 2. The molecule has 0 N–H and O–H groups in total. The second-order valence-corrected chi connectivity index (χ2v) is 5.49. The minimum atomic E-state index is -0.171. The van der Waals surface area contributed by atoms with Crippen molar-refractivity contribution in [2.24, 2.45) is 5.41 Å². The summed E-state index contributed by atoms with van der Waals surface area (Å²) in [5, 5.41) is 0. The Kier molecular flexibility index (Phi) is 5.28. The first-order valence-electron chi connectivity index (χ1n) is 5.94. The summed E-state index contributed by atoms with van der Waals surface area (Å²) in [4.78, 5) is 0. The lowest BCUT2D eigenvalue weighted by Crippen LogP contribution is -2.49. The van der Waals surface area contributed by atoms with Gasteiger partial charge >= 0.3 is 0 Å². The van der Waals surface area contributed by atoms with E-state index in [0.29, 0.717) is 0 Å². The van der Waals surface area contributed by atoms with Gasteiger partial charge in [0, 0.05) is 12.0 Å². The lowest BCUT2D eigenvalue weighted by molar-refractivity contribution is -0.160. The molecule has 0 aromatic carbocycles. The molecule has 2 nitrogen and oxygen atoms in total. The van der Waals surface area contributed by atoms with Gasteiger partial charge in [0.25, 0.3) is 0 Å². The molecule has 2 heteroatoms. The van der Waals surface area contributed by atoms with E-state index in [1.165, 1.54) is 0 Å². The van der Waals surface area contributed by atoms with Gasteiger partial charge in [-0.2, -0.15) is 0 Å². The van der Waals surface area contributed by atoms with E-state index in [1.54, 1.807) is 0 Å². The van der Waals surface area contributed by atoms with Crippen molar-refractivity contribution in [1.82, 2.24) is 0 Å². The maximum absolute atomic E-state index is 5.87.